The van der Waals surface area contributed by atoms with Crippen LogP contribution in [0.3, 0.4) is 0 Å². The Labute approximate surface area is 150 Å². The summed E-state index contributed by atoms with van der Waals surface area (Å²) >= 11 is 0. The van der Waals surface area contributed by atoms with E-state index in [1.165, 1.54) is 16.3 Å². The molecule has 3 nitrogen and oxygen atoms in total. The zero-order valence-corrected chi connectivity index (χ0v) is 15.3. The smallest absolute Gasteiger partial charge is 0.225 e. The fourth-order valence-electron chi connectivity index (χ4n) is 4.10. The predicted molar refractivity (Wildman–Crippen MR) is 102 cm³/mol. The third kappa shape index (κ3) is 3.43. The molecule has 1 aliphatic heterocycles. The molecule has 25 heavy (non-hydrogen) atoms. The fraction of sp³-hybridized carbons (Fsp3) is 0.500. The molecule has 132 valence electrons. The molecule has 2 fully saturated rings. The van der Waals surface area contributed by atoms with Crippen molar-refractivity contribution < 1.29 is 4.79 Å². The largest absolute Gasteiger partial charge is 0.342 e. The third-order valence-electron chi connectivity index (χ3n) is 6.15. The van der Waals surface area contributed by atoms with Gasteiger partial charge < -0.3 is 4.90 Å². The molecular weight excluding hydrogens is 308 g/mol. The molecule has 1 saturated carbocycles. The Bertz CT molecular complexity index is 759. The number of rotatable bonds is 4. The first-order valence-electron chi connectivity index (χ1n) is 9.63. The molecule has 0 aromatic heterocycles. The minimum absolute atomic E-state index is 0.353. The second-order valence-electron chi connectivity index (χ2n) is 7.78. The van der Waals surface area contributed by atoms with Crippen molar-refractivity contribution in [2.75, 3.05) is 20.1 Å². The van der Waals surface area contributed by atoms with Crippen molar-refractivity contribution in [1.82, 2.24) is 9.80 Å². The molecule has 2 aliphatic rings. The van der Waals surface area contributed by atoms with Crippen LogP contribution in [-0.4, -0.2) is 41.9 Å². The highest BCUT2D eigenvalue weighted by atomic mass is 16.2. The Balaban J connectivity index is 1.41. The van der Waals surface area contributed by atoms with Crippen LogP contribution in [0.4, 0.5) is 0 Å². The molecule has 1 saturated heterocycles. The van der Waals surface area contributed by atoms with Gasteiger partial charge in [-0.25, -0.2) is 0 Å². The normalized spacial score (nSPS) is 20.2. The van der Waals surface area contributed by atoms with Gasteiger partial charge in [0.05, 0.1) is 0 Å². The Morgan fingerprint density at radius 1 is 1.04 bits per heavy atom. The lowest BCUT2D eigenvalue weighted by Crippen LogP contribution is -2.46. The van der Waals surface area contributed by atoms with Crippen LogP contribution in [0.5, 0.6) is 0 Å². The maximum Gasteiger partial charge on any atom is 0.225 e. The number of hydrogen-bond donors (Lipinski definition) is 0. The molecule has 0 spiro atoms. The third-order valence-corrected chi connectivity index (χ3v) is 6.15. The van der Waals surface area contributed by atoms with Gasteiger partial charge in [0.1, 0.15) is 0 Å². The van der Waals surface area contributed by atoms with E-state index in [4.69, 9.17) is 0 Å². The number of benzene rings is 2. The van der Waals surface area contributed by atoms with Gasteiger partial charge in [-0.15, -0.1) is 0 Å². The second-order valence-corrected chi connectivity index (χ2v) is 7.78. The highest BCUT2D eigenvalue weighted by Crippen LogP contribution is 2.33. The zero-order chi connectivity index (χ0) is 17.4. The molecule has 1 atom stereocenters. The van der Waals surface area contributed by atoms with Gasteiger partial charge in [0.2, 0.25) is 5.91 Å². The van der Waals surface area contributed by atoms with Gasteiger partial charge >= 0.3 is 0 Å². The van der Waals surface area contributed by atoms with Crippen LogP contribution < -0.4 is 0 Å². The molecule has 2 aromatic rings. The van der Waals surface area contributed by atoms with Gasteiger partial charge in [-0.2, -0.15) is 0 Å². The van der Waals surface area contributed by atoms with E-state index in [-0.39, 0.29) is 0 Å². The minimum atomic E-state index is 0.353. The first-order valence-corrected chi connectivity index (χ1v) is 9.63. The lowest BCUT2D eigenvalue weighted by atomic mass is 9.97. The van der Waals surface area contributed by atoms with Gasteiger partial charge in [0, 0.05) is 31.1 Å². The van der Waals surface area contributed by atoms with Crippen molar-refractivity contribution in [1.29, 1.82) is 0 Å². The van der Waals surface area contributed by atoms with Crippen molar-refractivity contribution >= 4 is 16.7 Å². The van der Waals surface area contributed by atoms with Gasteiger partial charge in [-0.3, -0.25) is 9.69 Å². The molecule has 1 heterocycles. The number of hydrogen-bond acceptors (Lipinski definition) is 2. The van der Waals surface area contributed by atoms with Crippen molar-refractivity contribution in [2.24, 2.45) is 5.92 Å². The summed E-state index contributed by atoms with van der Waals surface area (Å²) in [4.78, 5) is 16.8. The van der Waals surface area contributed by atoms with Gasteiger partial charge in [-0.1, -0.05) is 36.4 Å². The number of likely N-dealkylation sites (tertiary alicyclic amines) is 1. The molecule has 2 aromatic carbocycles. The van der Waals surface area contributed by atoms with E-state index in [1.54, 1.807) is 0 Å². The summed E-state index contributed by atoms with van der Waals surface area (Å²) in [5.74, 6) is 0.759. The summed E-state index contributed by atoms with van der Waals surface area (Å²) in [6.45, 7) is 4.15. The predicted octanol–water partition coefficient (Wildman–Crippen LogP) is 4.23. The Morgan fingerprint density at radius 3 is 2.40 bits per heavy atom. The van der Waals surface area contributed by atoms with Crippen LogP contribution in [0.15, 0.2) is 42.5 Å². The first-order chi connectivity index (χ1) is 12.1. The monoisotopic (exact) mass is 336 g/mol. The number of piperidine rings is 1. The average molecular weight is 336 g/mol. The summed E-state index contributed by atoms with van der Waals surface area (Å²) in [6, 6.07) is 16.3. The molecular formula is C22H28N2O. The lowest BCUT2D eigenvalue weighted by Gasteiger charge is -2.39. The molecule has 0 bridgehead atoms. The van der Waals surface area contributed by atoms with Crippen LogP contribution in [0.2, 0.25) is 0 Å². The molecule has 0 N–H and O–H groups in total. The quantitative estimate of drug-likeness (QED) is 0.834. The molecule has 0 radical (unpaired) electrons. The van der Waals surface area contributed by atoms with E-state index in [2.05, 4.69) is 66.2 Å². The van der Waals surface area contributed by atoms with Crippen LogP contribution in [0.25, 0.3) is 10.8 Å². The summed E-state index contributed by atoms with van der Waals surface area (Å²) in [5, 5.41) is 2.61. The summed E-state index contributed by atoms with van der Waals surface area (Å²) < 4.78 is 0. The number of nitrogens with zero attached hydrogens (tertiary/aromatic N) is 2. The summed E-state index contributed by atoms with van der Waals surface area (Å²) in [6.07, 6.45) is 4.40. The van der Waals surface area contributed by atoms with Crippen molar-refractivity contribution in [3.05, 3.63) is 48.0 Å². The van der Waals surface area contributed by atoms with E-state index in [1.807, 2.05) is 0 Å². The number of carbonyl (C=O) groups is 1. The Kier molecular flexibility index (Phi) is 4.51. The standard InChI is InChI=1S/C22H28N2O/c1-16(19-10-7-17-5-3-4-6-20(17)15-19)23(2)21-11-13-24(14-12-21)22(25)18-8-9-18/h3-7,10,15-16,18,21H,8-9,11-14H2,1-2H3/t16-/m0/s1. The molecule has 3 heteroatoms. The highest BCUT2D eigenvalue weighted by Gasteiger charge is 2.35. The molecule has 1 amide bonds. The fourth-order valence-corrected chi connectivity index (χ4v) is 4.10. The van der Waals surface area contributed by atoms with E-state index < -0.39 is 0 Å². The topological polar surface area (TPSA) is 23.6 Å². The van der Waals surface area contributed by atoms with E-state index >= 15 is 0 Å². The number of fused-ring (bicyclic) bond motifs is 1. The van der Waals surface area contributed by atoms with Crippen LogP contribution in [0.1, 0.15) is 44.2 Å². The summed E-state index contributed by atoms with van der Waals surface area (Å²) in [7, 11) is 2.24. The van der Waals surface area contributed by atoms with Crippen LogP contribution in [0, 0.1) is 5.92 Å². The van der Waals surface area contributed by atoms with Crippen molar-refractivity contribution in [3.8, 4) is 0 Å². The number of carbonyl (C=O) groups excluding carboxylic acids is 1. The van der Waals surface area contributed by atoms with Crippen LogP contribution in [-0.2, 0) is 4.79 Å². The second kappa shape index (κ2) is 6.80. The maximum absolute atomic E-state index is 12.2. The van der Waals surface area contributed by atoms with Gasteiger partial charge in [-0.05, 0) is 62.1 Å². The molecule has 1 aliphatic carbocycles. The SMILES string of the molecule is C[C@@H](c1ccc2ccccc2c1)N(C)C1CCN(C(=O)C2CC2)CC1. The van der Waals surface area contributed by atoms with E-state index in [0.717, 1.165) is 38.8 Å². The number of amides is 1. The molecule has 4 rings (SSSR count). The van der Waals surface area contributed by atoms with Crippen LogP contribution >= 0.6 is 0 Å². The van der Waals surface area contributed by atoms with E-state index in [0.29, 0.717) is 23.9 Å². The van der Waals surface area contributed by atoms with Gasteiger partial charge in [0.25, 0.3) is 0 Å². The highest BCUT2D eigenvalue weighted by molar-refractivity contribution is 5.83. The zero-order valence-electron chi connectivity index (χ0n) is 15.3. The van der Waals surface area contributed by atoms with E-state index in [9.17, 15) is 4.79 Å². The average Bonchev–Trinajstić information content (AvgIpc) is 3.51. The summed E-state index contributed by atoms with van der Waals surface area (Å²) in [5.41, 5.74) is 1.37. The molecule has 0 unspecified atom stereocenters. The van der Waals surface area contributed by atoms with Crippen molar-refractivity contribution in [3.63, 3.8) is 0 Å². The Morgan fingerprint density at radius 2 is 1.72 bits per heavy atom. The lowest BCUT2D eigenvalue weighted by molar-refractivity contribution is -0.134. The maximum atomic E-state index is 12.2. The first kappa shape index (κ1) is 16.6. The van der Waals surface area contributed by atoms with Gasteiger partial charge in [0.15, 0.2) is 0 Å². The van der Waals surface area contributed by atoms with Crippen molar-refractivity contribution in [2.45, 2.75) is 44.7 Å². The Hall–Kier alpha value is -1.87. The minimum Gasteiger partial charge on any atom is -0.342 e.